The van der Waals surface area contributed by atoms with Gasteiger partial charge < -0.3 is 5.21 Å². The van der Waals surface area contributed by atoms with E-state index in [-0.39, 0.29) is 30.9 Å². The Hall–Kier alpha value is -2.02. The molecule has 1 unspecified atom stereocenters. The van der Waals surface area contributed by atoms with Crippen molar-refractivity contribution in [1.29, 1.82) is 0 Å². The van der Waals surface area contributed by atoms with E-state index < -0.39 is 0 Å². The van der Waals surface area contributed by atoms with Crippen molar-refractivity contribution in [3.63, 3.8) is 0 Å². The first-order valence-corrected chi connectivity index (χ1v) is 8.93. The number of aryl methyl sites for hydroxylation is 1. The number of carbonyl (C=O) groups excluding carboxylic acids is 2. The van der Waals surface area contributed by atoms with Crippen molar-refractivity contribution in [2.24, 2.45) is 0 Å². The zero-order valence-corrected chi connectivity index (χ0v) is 15.2. The summed E-state index contributed by atoms with van der Waals surface area (Å²) in [6, 6.07) is 16.4. The fraction of sp³-hybridized carbons (Fsp3) is 0.263. The molecule has 1 N–H and O–H groups in total. The zero-order chi connectivity index (χ0) is 17.8. The predicted molar refractivity (Wildman–Crippen MR) is 97.2 cm³/mol. The lowest BCUT2D eigenvalue weighted by molar-refractivity contribution is -0.163. The maximum Gasteiger partial charge on any atom is 0.260 e. The smallest absolute Gasteiger partial charge is 0.260 e. The van der Waals surface area contributed by atoms with Crippen LogP contribution in [0.1, 0.15) is 22.3 Å². The van der Waals surface area contributed by atoms with Crippen LogP contribution in [0.4, 0.5) is 0 Å². The van der Waals surface area contributed by atoms with Gasteiger partial charge in [0.1, 0.15) is 6.54 Å². The van der Waals surface area contributed by atoms with Crippen LogP contribution in [0.15, 0.2) is 59.1 Å². The number of hydrogen-bond donors (Lipinski definition) is 1. The molecule has 1 atom stereocenters. The third-order valence-electron chi connectivity index (χ3n) is 4.29. The van der Waals surface area contributed by atoms with E-state index in [9.17, 15) is 14.8 Å². The number of halogens is 1. The Kier molecular flexibility index (Phi) is 5.63. The zero-order valence-electron chi connectivity index (χ0n) is 13.6. The molecule has 1 aliphatic rings. The Labute approximate surface area is 154 Å². The molecule has 0 spiro atoms. The van der Waals surface area contributed by atoms with Crippen molar-refractivity contribution < 1.29 is 14.8 Å². The van der Waals surface area contributed by atoms with Crippen molar-refractivity contribution in [3.8, 4) is 0 Å². The first kappa shape index (κ1) is 17.8. The van der Waals surface area contributed by atoms with Crippen LogP contribution in [0, 0.1) is 0 Å². The van der Waals surface area contributed by atoms with Crippen LogP contribution in [0.2, 0.25) is 0 Å². The first-order chi connectivity index (χ1) is 12.0. The highest BCUT2D eigenvalue weighted by atomic mass is 79.9. The molecule has 0 aromatic heterocycles. The van der Waals surface area contributed by atoms with Crippen LogP contribution < -0.4 is 0 Å². The average Bonchev–Trinajstić information content (AvgIpc) is 2.61. The summed E-state index contributed by atoms with van der Waals surface area (Å²) in [7, 11) is 0. The Morgan fingerprint density at radius 2 is 1.80 bits per heavy atom. The second kappa shape index (κ2) is 7.91. The van der Waals surface area contributed by atoms with E-state index in [1.165, 1.54) is 4.90 Å². The molecule has 130 valence electrons. The predicted octanol–water partition coefficient (Wildman–Crippen LogP) is 3.12. The lowest BCUT2D eigenvalue weighted by atomic mass is 10.0. The summed E-state index contributed by atoms with van der Waals surface area (Å²) < 4.78 is 1.01. The van der Waals surface area contributed by atoms with Crippen LogP contribution in [0.3, 0.4) is 0 Å². The van der Waals surface area contributed by atoms with Crippen molar-refractivity contribution in [2.75, 3.05) is 13.1 Å². The number of piperazine rings is 1. The molecule has 1 fully saturated rings. The molecule has 25 heavy (non-hydrogen) atoms. The second-order valence-electron chi connectivity index (χ2n) is 6.10. The van der Waals surface area contributed by atoms with Crippen LogP contribution in [-0.2, 0) is 11.2 Å². The van der Waals surface area contributed by atoms with Crippen LogP contribution in [0.25, 0.3) is 0 Å². The average molecular weight is 403 g/mol. The monoisotopic (exact) mass is 402 g/mol. The third-order valence-corrected chi connectivity index (χ3v) is 4.82. The molecule has 0 bridgehead atoms. The van der Waals surface area contributed by atoms with Gasteiger partial charge >= 0.3 is 0 Å². The number of carbonyl (C=O) groups is 2. The molecule has 1 heterocycles. The van der Waals surface area contributed by atoms with Gasteiger partial charge in [-0.05, 0) is 42.7 Å². The number of imide groups is 1. The standard InChI is InChI=1S/C19H19BrN2O3/c20-16-9-6-14(7-10-16)8-11-17-12-21(25)13-18(23)22(17)19(24)15-4-2-1-3-5-15/h1-7,9-10,17,25H,8,11-13H2. The summed E-state index contributed by atoms with van der Waals surface area (Å²) in [6.07, 6.45) is 1.32. The van der Waals surface area contributed by atoms with Gasteiger partial charge in [-0.15, -0.1) is 0 Å². The molecule has 3 rings (SSSR count). The first-order valence-electron chi connectivity index (χ1n) is 8.14. The quantitative estimate of drug-likeness (QED) is 0.798. The highest BCUT2D eigenvalue weighted by Crippen LogP contribution is 2.20. The molecule has 5 nitrogen and oxygen atoms in total. The number of hydrogen-bond acceptors (Lipinski definition) is 4. The van der Waals surface area contributed by atoms with Crippen LogP contribution in [0.5, 0.6) is 0 Å². The molecule has 2 aromatic rings. The van der Waals surface area contributed by atoms with Gasteiger partial charge in [0.15, 0.2) is 0 Å². The molecule has 0 radical (unpaired) electrons. The molecular weight excluding hydrogens is 384 g/mol. The largest absolute Gasteiger partial charge is 0.313 e. The minimum absolute atomic E-state index is 0.159. The molecule has 0 aliphatic carbocycles. The Morgan fingerprint density at radius 3 is 2.48 bits per heavy atom. The van der Waals surface area contributed by atoms with Gasteiger partial charge in [0.25, 0.3) is 5.91 Å². The van der Waals surface area contributed by atoms with Crippen molar-refractivity contribution in [1.82, 2.24) is 9.96 Å². The lowest BCUT2D eigenvalue weighted by Crippen LogP contribution is -2.57. The van der Waals surface area contributed by atoms with E-state index in [4.69, 9.17) is 0 Å². The molecule has 1 aliphatic heterocycles. The lowest BCUT2D eigenvalue weighted by Gasteiger charge is -2.37. The third kappa shape index (κ3) is 4.34. The highest BCUT2D eigenvalue weighted by Gasteiger charge is 2.36. The molecule has 2 amide bonds. The molecule has 0 saturated carbocycles. The number of nitrogens with zero attached hydrogens (tertiary/aromatic N) is 2. The summed E-state index contributed by atoms with van der Waals surface area (Å²) in [5, 5.41) is 10.8. The normalized spacial score (nSPS) is 18.4. The van der Waals surface area contributed by atoms with E-state index in [1.54, 1.807) is 24.3 Å². The topological polar surface area (TPSA) is 60.9 Å². The molecular formula is C19H19BrN2O3. The summed E-state index contributed by atoms with van der Waals surface area (Å²) in [6.45, 7) is 0.105. The number of benzene rings is 2. The number of amides is 2. The Balaban J connectivity index is 1.76. The summed E-state index contributed by atoms with van der Waals surface area (Å²) in [5.74, 6) is -0.678. The van der Waals surface area contributed by atoms with Crippen molar-refractivity contribution in [2.45, 2.75) is 18.9 Å². The van der Waals surface area contributed by atoms with Crippen molar-refractivity contribution >= 4 is 27.7 Å². The summed E-state index contributed by atoms with van der Waals surface area (Å²) >= 11 is 3.41. The van der Waals surface area contributed by atoms with Gasteiger partial charge in [-0.3, -0.25) is 14.5 Å². The van der Waals surface area contributed by atoms with E-state index in [1.807, 2.05) is 30.3 Å². The van der Waals surface area contributed by atoms with Crippen molar-refractivity contribution in [3.05, 3.63) is 70.2 Å². The highest BCUT2D eigenvalue weighted by molar-refractivity contribution is 9.10. The van der Waals surface area contributed by atoms with Gasteiger partial charge in [-0.1, -0.05) is 46.3 Å². The number of rotatable bonds is 4. The molecule has 2 aromatic carbocycles. The van der Waals surface area contributed by atoms with Crippen LogP contribution in [-0.4, -0.2) is 46.1 Å². The van der Waals surface area contributed by atoms with Crippen LogP contribution >= 0.6 is 15.9 Å². The Bertz CT molecular complexity index is 749. The van der Waals surface area contributed by atoms with Gasteiger partial charge in [0.2, 0.25) is 5.91 Å². The van der Waals surface area contributed by atoms with Gasteiger partial charge in [0.05, 0.1) is 6.04 Å². The van der Waals surface area contributed by atoms with Gasteiger partial charge in [0, 0.05) is 16.6 Å². The minimum Gasteiger partial charge on any atom is -0.313 e. The van der Waals surface area contributed by atoms with Gasteiger partial charge in [-0.2, -0.15) is 5.06 Å². The maximum absolute atomic E-state index is 12.8. The van der Waals surface area contributed by atoms with E-state index in [0.717, 1.165) is 21.5 Å². The van der Waals surface area contributed by atoms with E-state index in [2.05, 4.69) is 15.9 Å². The molecule has 1 saturated heterocycles. The fourth-order valence-corrected chi connectivity index (χ4v) is 3.29. The Morgan fingerprint density at radius 1 is 1.12 bits per heavy atom. The maximum atomic E-state index is 12.8. The summed E-state index contributed by atoms with van der Waals surface area (Å²) in [4.78, 5) is 26.5. The van der Waals surface area contributed by atoms with Gasteiger partial charge in [-0.25, -0.2) is 0 Å². The van der Waals surface area contributed by atoms with E-state index >= 15 is 0 Å². The van der Waals surface area contributed by atoms with E-state index in [0.29, 0.717) is 12.0 Å². The number of hydroxylamine groups is 2. The minimum atomic E-state index is -0.372. The summed E-state index contributed by atoms with van der Waals surface area (Å²) in [5.41, 5.74) is 1.61. The molecule has 6 heteroatoms. The SMILES string of the molecule is O=C1CN(O)CC(CCc2ccc(Br)cc2)N1C(=O)c1ccccc1. The fourth-order valence-electron chi connectivity index (χ4n) is 3.03. The second-order valence-corrected chi connectivity index (χ2v) is 7.02.